The summed E-state index contributed by atoms with van der Waals surface area (Å²) in [4.78, 5) is 12.1. The summed E-state index contributed by atoms with van der Waals surface area (Å²) in [7, 11) is 1.59. The largest absolute Gasteiger partial charge is 0.497 e. The molecule has 0 atom stereocenters. The monoisotopic (exact) mass is 296 g/mol. The average molecular weight is 296 g/mol. The first-order chi connectivity index (χ1) is 10.6. The maximum atomic E-state index is 12.1. The molecular formula is C18H20N2O2. The summed E-state index contributed by atoms with van der Waals surface area (Å²) in [5.74, 6) is 0.683. The van der Waals surface area contributed by atoms with Crippen molar-refractivity contribution in [3.05, 3.63) is 65.7 Å². The number of ether oxygens (including phenoxy) is 1. The lowest BCUT2D eigenvalue weighted by atomic mass is 10.0. The molecule has 0 aliphatic carbocycles. The van der Waals surface area contributed by atoms with Gasteiger partial charge in [0.15, 0.2) is 0 Å². The van der Waals surface area contributed by atoms with Crippen LogP contribution < -0.4 is 10.2 Å². The number of carbonyl (C=O) groups excluding carboxylic acids is 1. The van der Waals surface area contributed by atoms with E-state index in [0.29, 0.717) is 11.3 Å². The fourth-order valence-corrected chi connectivity index (χ4v) is 2.05. The van der Waals surface area contributed by atoms with Crippen molar-refractivity contribution in [2.75, 3.05) is 7.11 Å². The van der Waals surface area contributed by atoms with Crippen LogP contribution >= 0.6 is 0 Å². The van der Waals surface area contributed by atoms with Gasteiger partial charge in [0, 0.05) is 5.56 Å². The molecular weight excluding hydrogens is 276 g/mol. The SMILES string of the molecule is COc1ccc(C(=O)N/N=C(/c2ccccc2)C(C)C)cc1. The highest BCUT2D eigenvalue weighted by atomic mass is 16.5. The van der Waals surface area contributed by atoms with Crippen LogP contribution in [-0.2, 0) is 0 Å². The fraction of sp³-hybridized carbons (Fsp3) is 0.222. The summed E-state index contributed by atoms with van der Waals surface area (Å²) in [5, 5.41) is 4.30. The number of nitrogens with one attached hydrogen (secondary N) is 1. The molecule has 4 nitrogen and oxygen atoms in total. The Balaban J connectivity index is 2.15. The van der Waals surface area contributed by atoms with Crippen molar-refractivity contribution in [3.8, 4) is 5.75 Å². The minimum absolute atomic E-state index is 0.207. The van der Waals surface area contributed by atoms with E-state index in [0.717, 1.165) is 11.3 Å². The van der Waals surface area contributed by atoms with Gasteiger partial charge in [0.2, 0.25) is 0 Å². The van der Waals surface area contributed by atoms with Gasteiger partial charge in [0.1, 0.15) is 5.75 Å². The molecule has 2 aromatic rings. The summed E-state index contributed by atoms with van der Waals surface area (Å²) in [6.45, 7) is 4.09. The maximum Gasteiger partial charge on any atom is 0.271 e. The Labute approximate surface area is 130 Å². The quantitative estimate of drug-likeness (QED) is 0.678. The van der Waals surface area contributed by atoms with Gasteiger partial charge in [-0.15, -0.1) is 0 Å². The highest BCUT2D eigenvalue weighted by Crippen LogP contribution is 2.12. The molecule has 0 unspecified atom stereocenters. The topological polar surface area (TPSA) is 50.7 Å². The molecule has 0 aliphatic rings. The molecule has 4 heteroatoms. The third-order valence-corrected chi connectivity index (χ3v) is 3.25. The molecule has 2 rings (SSSR count). The van der Waals surface area contributed by atoms with Gasteiger partial charge >= 0.3 is 0 Å². The van der Waals surface area contributed by atoms with Crippen LogP contribution in [0.4, 0.5) is 0 Å². The number of rotatable bonds is 5. The summed E-state index contributed by atoms with van der Waals surface area (Å²) >= 11 is 0. The van der Waals surface area contributed by atoms with Gasteiger partial charge in [-0.3, -0.25) is 4.79 Å². The molecule has 1 amide bonds. The number of hydrogen-bond acceptors (Lipinski definition) is 3. The van der Waals surface area contributed by atoms with Crippen LogP contribution in [-0.4, -0.2) is 18.7 Å². The second kappa shape index (κ2) is 7.41. The number of hydrogen-bond donors (Lipinski definition) is 1. The molecule has 0 aromatic heterocycles. The van der Waals surface area contributed by atoms with Gasteiger partial charge in [-0.1, -0.05) is 44.2 Å². The van der Waals surface area contributed by atoms with Gasteiger partial charge in [0.05, 0.1) is 12.8 Å². The van der Waals surface area contributed by atoms with Gasteiger partial charge in [0.25, 0.3) is 5.91 Å². The molecule has 0 saturated heterocycles. The minimum atomic E-state index is -0.239. The predicted molar refractivity (Wildman–Crippen MR) is 88.3 cm³/mol. The second-order valence-corrected chi connectivity index (χ2v) is 5.19. The molecule has 2 aromatic carbocycles. The Morgan fingerprint density at radius 1 is 1.00 bits per heavy atom. The molecule has 0 saturated carbocycles. The summed E-state index contributed by atoms with van der Waals surface area (Å²) < 4.78 is 5.08. The molecule has 0 spiro atoms. The van der Waals surface area contributed by atoms with Crippen molar-refractivity contribution in [1.29, 1.82) is 0 Å². The number of hydrazone groups is 1. The molecule has 1 N–H and O–H groups in total. The number of nitrogens with zero attached hydrogens (tertiary/aromatic N) is 1. The van der Waals surface area contributed by atoms with E-state index in [4.69, 9.17) is 4.74 Å². The Morgan fingerprint density at radius 3 is 2.18 bits per heavy atom. The molecule has 0 heterocycles. The zero-order valence-electron chi connectivity index (χ0n) is 13.0. The van der Waals surface area contributed by atoms with E-state index in [-0.39, 0.29) is 11.8 Å². The fourth-order valence-electron chi connectivity index (χ4n) is 2.05. The number of amides is 1. The van der Waals surface area contributed by atoms with Crippen LogP contribution in [0.25, 0.3) is 0 Å². The van der Waals surface area contributed by atoms with E-state index in [1.165, 1.54) is 0 Å². The maximum absolute atomic E-state index is 12.1. The predicted octanol–water partition coefficient (Wildman–Crippen LogP) is 3.49. The summed E-state index contributed by atoms with van der Waals surface area (Å²) in [6, 6.07) is 16.8. The van der Waals surface area contributed by atoms with Crippen LogP contribution in [0.5, 0.6) is 5.75 Å². The van der Waals surface area contributed by atoms with E-state index >= 15 is 0 Å². The molecule has 0 aliphatic heterocycles. The van der Waals surface area contributed by atoms with Crippen LogP contribution in [0.15, 0.2) is 59.7 Å². The Hall–Kier alpha value is -2.62. The molecule has 0 radical (unpaired) electrons. The van der Waals surface area contributed by atoms with Gasteiger partial charge in [-0.05, 0) is 35.7 Å². The third kappa shape index (κ3) is 3.95. The Bertz CT molecular complexity index is 647. The van der Waals surface area contributed by atoms with Crippen molar-refractivity contribution in [2.24, 2.45) is 11.0 Å². The smallest absolute Gasteiger partial charge is 0.271 e. The first-order valence-corrected chi connectivity index (χ1v) is 7.19. The van der Waals surface area contributed by atoms with Crippen LogP contribution in [0.3, 0.4) is 0 Å². The van der Waals surface area contributed by atoms with Crippen molar-refractivity contribution in [2.45, 2.75) is 13.8 Å². The van der Waals surface area contributed by atoms with E-state index in [1.807, 2.05) is 44.2 Å². The van der Waals surface area contributed by atoms with Crippen molar-refractivity contribution in [3.63, 3.8) is 0 Å². The van der Waals surface area contributed by atoms with E-state index in [9.17, 15) is 4.79 Å². The van der Waals surface area contributed by atoms with Crippen molar-refractivity contribution >= 4 is 11.6 Å². The summed E-state index contributed by atoms with van der Waals surface area (Å²) in [6.07, 6.45) is 0. The standard InChI is InChI=1S/C18H20N2O2/c1-13(2)17(14-7-5-4-6-8-14)19-20-18(21)15-9-11-16(22-3)12-10-15/h4-13H,1-3H3,(H,20,21)/b19-17+. The lowest BCUT2D eigenvalue weighted by Gasteiger charge is -2.10. The number of carbonyl (C=O) groups is 1. The molecule has 22 heavy (non-hydrogen) atoms. The highest BCUT2D eigenvalue weighted by Gasteiger charge is 2.10. The first kappa shape index (κ1) is 15.8. The first-order valence-electron chi connectivity index (χ1n) is 7.19. The van der Waals surface area contributed by atoms with Crippen LogP contribution in [0.2, 0.25) is 0 Å². The van der Waals surface area contributed by atoms with Crippen molar-refractivity contribution < 1.29 is 9.53 Å². The number of benzene rings is 2. The normalized spacial score (nSPS) is 11.4. The van der Waals surface area contributed by atoms with Gasteiger partial charge < -0.3 is 4.74 Å². The lowest BCUT2D eigenvalue weighted by molar-refractivity contribution is 0.0954. The van der Waals surface area contributed by atoms with E-state index < -0.39 is 0 Å². The van der Waals surface area contributed by atoms with Crippen LogP contribution in [0.1, 0.15) is 29.8 Å². The Kier molecular flexibility index (Phi) is 5.31. The average Bonchev–Trinajstić information content (AvgIpc) is 2.55. The van der Waals surface area contributed by atoms with E-state index in [1.54, 1.807) is 31.4 Å². The van der Waals surface area contributed by atoms with E-state index in [2.05, 4.69) is 10.5 Å². The lowest BCUT2D eigenvalue weighted by Crippen LogP contribution is -2.22. The van der Waals surface area contributed by atoms with Crippen LogP contribution in [0, 0.1) is 5.92 Å². The summed E-state index contributed by atoms with van der Waals surface area (Å²) in [5.41, 5.74) is 5.02. The number of methoxy groups -OCH3 is 1. The molecule has 114 valence electrons. The highest BCUT2D eigenvalue weighted by molar-refractivity contribution is 6.03. The third-order valence-electron chi connectivity index (χ3n) is 3.25. The van der Waals surface area contributed by atoms with Crippen molar-refractivity contribution in [1.82, 2.24) is 5.43 Å². The zero-order valence-corrected chi connectivity index (χ0v) is 13.0. The second-order valence-electron chi connectivity index (χ2n) is 5.19. The zero-order chi connectivity index (χ0) is 15.9. The van der Waals surface area contributed by atoms with Gasteiger partial charge in [-0.2, -0.15) is 5.10 Å². The van der Waals surface area contributed by atoms with Gasteiger partial charge in [-0.25, -0.2) is 5.43 Å². The minimum Gasteiger partial charge on any atom is -0.497 e. The molecule has 0 fully saturated rings. The molecule has 0 bridgehead atoms. The Morgan fingerprint density at radius 2 is 1.64 bits per heavy atom.